The molecule has 26 heavy (non-hydrogen) atoms. The molecule has 0 unspecified atom stereocenters. The Morgan fingerprint density at radius 2 is 1.92 bits per heavy atom. The van der Waals surface area contributed by atoms with Gasteiger partial charge in [-0.3, -0.25) is 9.69 Å². The molecule has 0 bridgehead atoms. The van der Waals surface area contributed by atoms with E-state index in [1.54, 1.807) is 11.3 Å². The van der Waals surface area contributed by atoms with Crippen LogP contribution in [0.1, 0.15) is 37.5 Å². The summed E-state index contributed by atoms with van der Waals surface area (Å²) in [6.07, 6.45) is 6.70. The van der Waals surface area contributed by atoms with Gasteiger partial charge in [0, 0.05) is 10.9 Å². The summed E-state index contributed by atoms with van der Waals surface area (Å²) in [6.45, 7) is 2.27. The maximum atomic E-state index is 13.2. The first-order chi connectivity index (χ1) is 12.7. The Morgan fingerprint density at radius 1 is 1.12 bits per heavy atom. The van der Waals surface area contributed by atoms with Crippen molar-refractivity contribution in [1.82, 2.24) is 4.90 Å². The molecule has 1 aliphatic carbocycles. The average Bonchev–Trinajstić information content (AvgIpc) is 3.26. The molecular formula is C21H22N2OS2. The van der Waals surface area contributed by atoms with Gasteiger partial charge in [0.05, 0.1) is 10.6 Å². The highest BCUT2D eigenvalue weighted by molar-refractivity contribution is 8.18. The minimum Gasteiger partial charge on any atom is -0.283 e. The van der Waals surface area contributed by atoms with Crippen LogP contribution >= 0.6 is 23.1 Å². The van der Waals surface area contributed by atoms with Crippen molar-refractivity contribution in [2.45, 2.75) is 38.6 Å². The zero-order valence-corrected chi connectivity index (χ0v) is 16.4. The fraction of sp³-hybridized carbons (Fsp3) is 0.333. The Morgan fingerprint density at radius 3 is 2.65 bits per heavy atom. The van der Waals surface area contributed by atoms with Gasteiger partial charge in [0.1, 0.15) is 0 Å². The number of carbonyl (C=O) groups is 1. The van der Waals surface area contributed by atoms with Crippen molar-refractivity contribution in [2.24, 2.45) is 10.9 Å². The van der Waals surface area contributed by atoms with Crippen molar-refractivity contribution in [3.63, 3.8) is 0 Å². The lowest BCUT2D eigenvalue weighted by Crippen LogP contribution is -2.44. The average molecular weight is 383 g/mol. The number of hydrogen-bond donors (Lipinski definition) is 0. The van der Waals surface area contributed by atoms with Crippen LogP contribution < -0.4 is 0 Å². The van der Waals surface area contributed by atoms with Crippen LogP contribution in [0.15, 0.2) is 57.7 Å². The third-order valence-corrected chi connectivity index (χ3v) is 6.83. The predicted molar refractivity (Wildman–Crippen MR) is 112 cm³/mol. The van der Waals surface area contributed by atoms with Gasteiger partial charge in [-0.2, -0.15) is 0 Å². The van der Waals surface area contributed by atoms with Gasteiger partial charge in [-0.25, -0.2) is 4.99 Å². The fourth-order valence-electron chi connectivity index (χ4n) is 3.65. The maximum Gasteiger partial charge on any atom is 0.267 e. The SMILES string of the molecule is C[C@H]1CCCC[C@H]1N1C(=O)/C(=C/c2cccs2)SC1=Nc1ccccc1. The predicted octanol–water partition coefficient (Wildman–Crippen LogP) is 5.93. The number of amides is 1. The van der Waals surface area contributed by atoms with Crippen LogP contribution in [0, 0.1) is 5.92 Å². The van der Waals surface area contributed by atoms with E-state index in [2.05, 4.69) is 6.92 Å². The summed E-state index contributed by atoms with van der Waals surface area (Å²) in [5, 5.41) is 2.86. The Bertz CT molecular complexity index is 827. The molecule has 1 saturated carbocycles. The molecule has 1 aliphatic heterocycles. The van der Waals surface area contributed by atoms with E-state index < -0.39 is 0 Å². The minimum absolute atomic E-state index is 0.108. The topological polar surface area (TPSA) is 32.7 Å². The van der Waals surface area contributed by atoms with Crippen LogP contribution in [0.3, 0.4) is 0 Å². The molecule has 3 nitrogen and oxygen atoms in total. The zero-order valence-electron chi connectivity index (χ0n) is 14.8. The van der Waals surface area contributed by atoms with Crippen LogP contribution in [0.4, 0.5) is 5.69 Å². The number of nitrogens with zero attached hydrogens (tertiary/aromatic N) is 2. The number of carbonyl (C=O) groups excluding carboxylic acids is 1. The Labute approximate surface area is 162 Å². The molecule has 1 amide bonds. The van der Waals surface area contributed by atoms with Gasteiger partial charge < -0.3 is 0 Å². The molecule has 0 spiro atoms. The first-order valence-corrected chi connectivity index (χ1v) is 10.8. The van der Waals surface area contributed by atoms with Crippen molar-refractivity contribution in [3.05, 3.63) is 57.6 Å². The normalized spacial score (nSPS) is 26.8. The summed E-state index contributed by atoms with van der Waals surface area (Å²) in [4.78, 5) is 21.9. The van der Waals surface area contributed by atoms with E-state index in [0.717, 1.165) is 27.1 Å². The standard InChI is InChI=1S/C21H22N2OS2/c1-15-8-5-6-12-18(15)23-20(24)19(14-17-11-7-13-25-17)26-21(23)22-16-9-3-2-4-10-16/h2-4,7,9-11,13-15,18H,5-6,8,12H2,1H3/b19-14-,22-21?/t15-,18+/m0/s1. The minimum atomic E-state index is 0.108. The van der Waals surface area contributed by atoms with Crippen LogP contribution in [0.5, 0.6) is 0 Å². The highest BCUT2D eigenvalue weighted by Gasteiger charge is 2.41. The summed E-state index contributed by atoms with van der Waals surface area (Å²) in [5.41, 5.74) is 0.897. The van der Waals surface area contributed by atoms with Gasteiger partial charge in [-0.05, 0) is 60.2 Å². The van der Waals surface area contributed by atoms with Gasteiger partial charge in [-0.1, -0.05) is 44.0 Å². The fourth-order valence-corrected chi connectivity index (χ4v) is 5.42. The van der Waals surface area contributed by atoms with Gasteiger partial charge in [0.25, 0.3) is 5.91 Å². The summed E-state index contributed by atoms with van der Waals surface area (Å²) < 4.78 is 0. The van der Waals surface area contributed by atoms with Crippen LogP contribution in [-0.2, 0) is 4.79 Å². The van der Waals surface area contributed by atoms with Crippen molar-refractivity contribution in [3.8, 4) is 0 Å². The highest BCUT2D eigenvalue weighted by Crippen LogP contribution is 2.40. The number of hydrogen-bond acceptors (Lipinski definition) is 4. The highest BCUT2D eigenvalue weighted by atomic mass is 32.2. The van der Waals surface area contributed by atoms with Gasteiger partial charge in [0.2, 0.25) is 0 Å². The number of aliphatic imine (C=N–C) groups is 1. The molecule has 1 aromatic carbocycles. The second kappa shape index (κ2) is 7.80. The first-order valence-electron chi connectivity index (χ1n) is 9.13. The molecule has 1 aromatic heterocycles. The second-order valence-electron chi connectivity index (χ2n) is 6.86. The first kappa shape index (κ1) is 17.6. The molecule has 2 heterocycles. The second-order valence-corrected chi connectivity index (χ2v) is 8.85. The smallest absolute Gasteiger partial charge is 0.267 e. The summed E-state index contributed by atoms with van der Waals surface area (Å²) in [6, 6.07) is 14.2. The van der Waals surface area contributed by atoms with Crippen molar-refractivity contribution < 1.29 is 4.79 Å². The largest absolute Gasteiger partial charge is 0.283 e. The van der Waals surface area contributed by atoms with E-state index >= 15 is 0 Å². The molecule has 5 heteroatoms. The third kappa shape index (κ3) is 3.64. The van der Waals surface area contributed by atoms with Crippen LogP contribution in [0.2, 0.25) is 0 Å². The third-order valence-electron chi connectivity index (χ3n) is 5.03. The number of thiophene rings is 1. The molecular weight excluding hydrogens is 360 g/mol. The number of para-hydroxylation sites is 1. The maximum absolute atomic E-state index is 13.2. The monoisotopic (exact) mass is 382 g/mol. The number of rotatable bonds is 3. The van der Waals surface area contributed by atoms with E-state index in [0.29, 0.717) is 5.92 Å². The molecule has 0 N–H and O–H groups in total. The summed E-state index contributed by atoms with van der Waals surface area (Å²) in [5.74, 6) is 0.618. The van der Waals surface area contributed by atoms with E-state index in [-0.39, 0.29) is 11.9 Å². The van der Waals surface area contributed by atoms with Gasteiger partial charge in [0.15, 0.2) is 5.17 Å². The summed E-state index contributed by atoms with van der Waals surface area (Å²) >= 11 is 3.16. The molecule has 2 fully saturated rings. The lowest BCUT2D eigenvalue weighted by atomic mass is 9.85. The number of thioether (sulfide) groups is 1. The van der Waals surface area contributed by atoms with E-state index in [1.807, 2.05) is 58.8 Å². The van der Waals surface area contributed by atoms with Crippen LogP contribution in [0.25, 0.3) is 6.08 Å². The number of benzene rings is 1. The quantitative estimate of drug-likeness (QED) is 0.616. The zero-order chi connectivity index (χ0) is 17.9. The number of amidine groups is 1. The summed E-state index contributed by atoms with van der Waals surface area (Å²) in [7, 11) is 0. The van der Waals surface area contributed by atoms with Gasteiger partial charge in [-0.15, -0.1) is 11.3 Å². The van der Waals surface area contributed by atoms with E-state index in [4.69, 9.17) is 4.99 Å². The Balaban J connectivity index is 1.71. The Hall–Kier alpha value is -1.85. The van der Waals surface area contributed by atoms with Crippen LogP contribution in [-0.4, -0.2) is 22.0 Å². The van der Waals surface area contributed by atoms with Crippen molar-refractivity contribution in [2.75, 3.05) is 0 Å². The van der Waals surface area contributed by atoms with Crippen molar-refractivity contribution >= 4 is 45.9 Å². The molecule has 1 saturated heterocycles. The van der Waals surface area contributed by atoms with Crippen molar-refractivity contribution in [1.29, 1.82) is 0 Å². The lowest BCUT2D eigenvalue weighted by Gasteiger charge is -2.35. The lowest BCUT2D eigenvalue weighted by molar-refractivity contribution is -0.124. The Kier molecular flexibility index (Phi) is 5.27. The molecule has 2 atom stereocenters. The molecule has 134 valence electrons. The molecule has 2 aromatic rings. The molecule has 0 radical (unpaired) electrons. The molecule has 4 rings (SSSR count). The van der Waals surface area contributed by atoms with E-state index in [9.17, 15) is 4.79 Å². The van der Waals surface area contributed by atoms with E-state index in [1.165, 1.54) is 31.0 Å². The van der Waals surface area contributed by atoms with Gasteiger partial charge >= 0.3 is 0 Å². The molecule has 2 aliphatic rings.